The van der Waals surface area contributed by atoms with Crippen LogP contribution in [0.25, 0.3) is 6.08 Å². The van der Waals surface area contributed by atoms with Crippen molar-refractivity contribution in [2.75, 3.05) is 19.6 Å². The first-order valence-electron chi connectivity index (χ1n) is 7.82. The molecule has 1 aromatic carbocycles. The molecule has 0 aromatic heterocycles. The van der Waals surface area contributed by atoms with Gasteiger partial charge in [0.25, 0.3) is 0 Å². The summed E-state index contributed by atoms with van der Waals surface area (Å²) in [6.45, 7) is 3.46. The Kier molecular flexibility index (Phi) is 4.42. The fourth-order valence-electron chi connectivity index (χ4n) is 2.87. The Morgan fingerprint density at radius 2 is 1.91 bits per heavy atom. The van der Waals surface area contributed by atoms with Gasteiger partial charge in [-0.15, -0.1) is 0 Å². The SMILES string of the molecule is NC1=NC(N)(c2ccc(C=CCN3CCCCC3)cc2)NN1. The minimum Gasteiger partial charge on any atom is -0.369 e. The Hall–Kier alpha value is -1.89. The van der Waals surface area contributed by atoms with E-state index >= 15 is 0 Å². The van der Waals surface area contributed by atoms with E-state index in [2.05, 4.69) is 32.9 Å². The number of likely N-dealkylation sites (tertiary alicyclic amines) is 1. The third kappa shape index (κ3) is 3.47. The Morgan fingerprint density at radius 1 is 1.18 bits per heavy atom. The first-order valence-corrected chi connectivity index (χ1v) is 7.82. The topological polar surface area (TPSA) is 91.7 Å². The van der Waals surface area contributed by atoms with Gasteiger partial charge in [-0.05, 0) is 31.5 Å². The van der Waals surface area contributed by atoms with Gasteiger partial charge in [0.05, 0.1) is 0 Å². The van der Waals surface area contributed by atoms with Crippen LogP contribution in [0.5, 0.6) is 0 Å². The van der Waals surface area contributed by atoms with E-state index in [1.54, 1.807) is 0 Å². The summed E-state index contributed by atoms with van der Waals surface area (Å²) in [4.78, 5) is 6.66. The lowest BCUT2D eigenvalue weighted by molar-refractivity contribution is 0.252. The molecule has 1 atom stereocenters. The molecule has 2 aliphatic rings. The molecule has 0 spiro atoms. The zero-order chi connectivity index (χ0) is 15.4. The lowest BCUT2D eigenvalue weighted by atomic mass is 10.1. The normalized spacial score (nSPS) is 26.1. The quantitative estimate of drug-likeness (QED) is 0.656. The lowest BCUT2D eigenvalue weighted by Gasteiger charge is -2.24. The molecule has 0 amide bonds. The number of nitrogens with one attached hydrogen (secondary N) is 2. The van der Waals surface area contributed by atoms with Gasteiger partial charge in [0.1, 0.15) is 0 Å². The number of guanidine groups is 1. The van der Waals surface area contributed by atoms with Gasteiger partial charge in [-0.3, -0.25) is 16.1 Å². The van der Waals surface area contributed by atoms with Crippen molar-refractivity contribution in [1.82, 2.24) is 15.8 Å². The monoisotopic (exact) mass is 300 g/mol. The molecule has 1 fully saturated rings. The maximum absolute atomic E-state index is 6.15. The largest absolute Gasteiger partial charge is 0.369 e. The van der Waals surface area contributed by atoms with Crippen LogP contribution in [0.1, 0.15) is 30.4 Å². The first-order chi connectivity index (χ1) is 10.7. The van der Waals surface area contributed by atoms with Crippen molar-refractivity contribution >= 4 is 12.0 Å². The predicted molar refractivity (Wildman–Crippen MR) is 89.5 cm³/mol. The average Bonchev–Trinajstić information content (AvgIpc) is 2.89. The molecule has 0 radical (unpaired) electrons. The van der Waals surface area contributed by atoms with Crippen molar-refractivity contribution in [2.24, 2.45) is 16.5 Å². The highest BCUT2D eigenvalue weighted by Gasteiger charge is 2.31. The summed E-state index contributed by atoms with van der Waals surface area (Å²) in [5.41, 5.74) is 19.4. The molecule has 22 heavy (non-hydrogen) atoms. The summed E-state index contributed by atoms with van der Waals surface area (Å²) in [7, 11) is 0. The number of piperidine rings is 1. The van der Waals surface area contributed by atoms with Crippen LogP contribution in [-0.4, -0.2) is 30.5 Å². The van der Waals surface area contributed by atoms with Crippen molar-refractivity contribution in [3.8, 4) is 0 Å². The molecule has 1 aromatic rings. The summed E-state index contributed by atoms with van der Waals surface area (Å²) in [5.74, 6) is -0.687. The Balaban J connectivity index is 1.59. The van der Waals surface area contributed by atoms with Crippen LogP contribution >= 0.6 is 0 Å². The van der Waals surface area contributed by atoms with Crippen LogP contribution in [0.2, 0.25) is 0 Å². The van der Waals surface area contributed by atoms with Gasteiger partial charge >= 0.3 is 0 Å². The summed E-state index contributed by atoms with van der Waals surface area (Å²) in [6, 6.07) is 8.03. The Morgan fingerprint density at radius 3 is 2.55 bits per heavy atom. The number of hydrogen-bond donors (Lipinski definition) is 4. The Labute approximate surface area is 131 Å². The second kappa shape index (κ2) is 6.48. The number of nitrogens with zero attached hydrogens (tertiary/aromatic N) is 2. The van der Waals surface area contributed by atoms with Crippen molar-refractivity contribution < 1.29 is 0 Å². The van der Waals surface area contributed by atoms with Gasteiger partial charge in [0.2, 0.25) is 11.7 Å². The van der Waals surface area contributed by atoms with Gasteiger partial charge in [0, 0.05) is 12.1 Å². The fourth-order valence-corrected chi connectivity index (χ4v) is 2.87. The zero-order valence-corrected chi connectivity index (χ0v) is 12.8. The molecule has 2 aliphatic heterocycles. The van der Waals surface area contributed by atoms with Crippen LogP contribution < -0.4 is 22.3 Å². The molecule has 118 valence electrons. The highest BCUT2D eigenvalue weighted by Crippen LogP contribution is 2.19. The van der Waals surface area contributed by atoms with Crippen LogP contribution in [-0.2, 0) is 5.79 Å². The van der Waals surface area contributed by atoms with Crippen LogP contribution in [0.4, 0.5) is 0 Å². The molecule has 3 rings (SSSR count). The first kappa shape index (κ1) is 15.0. The van der Waals surface area contributed by atoms with E-state index in [9.17, 15) is 0 Å². The maximum Gasteiger partial charge on any atom is 0.209 e. The molecule has 6 nitrogen and oxygen atoms in total. The van der Waals surface area contributed by atoms with Crippen molar-refractivity contribution in [2.45, 2.75) is 25.0 Å². The molecule has 1 saturated heterocycles. The summed E-state index contributed by atoms with van der Waals surface area (Å²) in [6.07, 6.45) is 8.40. The average molecular weight is 300 g/mol. The molecule has 6 N–H and O–H groups in total. The molecular formula is C16H24N6. The molecule has 1 unspecified atom stereocenters. The van der Waals surface area contributed by atoms with E-state index in [1.807, 2.05) is 24.3 Å². The van der Waals surface area contributed by atoms with Crippen molar-refractivity contribution in [3.63, 3.8) is 0 Å². The molecular weight excluding hydrogens is 276 g/mol. The van der Waals surface area contributed by atoms with E-state index in [0.29, 0.717) is 5.96 Å². The van der Waals surface area contributed by atoms with E-state index in [0.717, 1.165) is 17.7 Å². The number of hydrogen-bond acceptors (Lipinski definition) is 6. The van der Waals surface area contributed by atoms with E-state index in [1.165, 1.54) is 32.4 Å². The third-order valence-corrected chi connectivity index (χ3v) is 4.15. The number of rotatable bonds is 4. The maximum atomic E-state index is 6.15. The third-order valence-electron chi connectivity index (χ3n) is 4.15. The second-order valence-electron chi connectivity index (χ2n) is 5.90. The number of aliphatic imine (C=N–C) groups is 1. The van der Waals surface area contributed by atoms with Crippen LogP contribution in [0.15, 0.2) is 35.3 Å². The van der Waals surface area contributed by atoms with Gasteiger partial charge in [-0.2, -0.15) is 5.43 Å². The summed E-state index contributed by atoms with van der Waals surface area (Å²) in [5, 5.41) is 0. The summed E-state index contributed by atoms with van der Waals surface area (Å²) >= 11 is 0. The van der Waals surface area contributed by atoms with Gasteiger partial charge in [-0.25, -0.2) is 4.99 Å². The van der Waals surface area contributed by atoms with Gasteiger partial charge in [0.15, 0.2) is 0 Å². The van der Waals surface area contributed by atoms with E-state index in [-0.39, 0.29) is 0 Å². The van der Waals surface area contributed by atoms with Gasteiger partial charge < -0.3 is 5.73 Å². The van der Waals surface area contributed by atoms with Crippen LogP contribution in [0, 0.1) is 0 Å². The number of benzene rings is 1. The minimum absolute atomic E-state index is 0.299. The van der Waals surface area contributed by atoms with Crippen molar-refractivity contribution in [1.29, 1.82) is 0 Å². The molecule has 0 bridgehead atoms. The van der Waals surface area contributed by atoms with E-state index in [4.69, 9.17) is 11.5 Å². The highest BCUT2D eigenvalue weighted by molar-refractivity contribution is 5.79. The lowest BCUT2D eigenvalue weighted by Crippen LogP contribution is -2.50. The second-order valence-corrected chi connectivity index (χ2v) is 5.90. The van der Waals surface area contributed by atoms with E-state index < -0.39 is 5.79 Å². The number of hydrazine groups is 1. The van der Waals surface area contributed by atoms with Crippen molar-refractivity contribution in [3.05, 3.63) is 41.5 Å². The number of nitrogens with two attached hydrogens (primary N) is 2. The predicted octanol–water partition coefficient (Wildman–Crippen LogP) is 0.677. The molecule has 0 saturated carbocycles. The zero-order valence-electron chi connectivity index (χ0n) is 12.8. The fraction of sp³-hybridized carbons (Fsp3) is 0.438. The molecule has 6 heteroatoms. The Bertz CT molecular complexity index is 559. The van der Waals surface area contributed by atoms with Crippen LogP contribution in [0.3, 0.4) is 0 Å². The minimum atomic E-state index is -0.986. The molecule has 2 heterocycles. The summed E-state index contributed by atoms with van der Waals surface area (Å²) < 4.78 is 0. The molecule has 0 aliphatic carbocycles. The highest BCUT2D eigenvalue weighted by atomic mass is 15.6. The standard InChI is InChI=1S/C16H24N6/c17-15-19-16(18,21-20-15)14-8-6-13(7-9-14)5-4-12-22-10-2-1-3-11-22/h4-9,21H,1-3,10-12,18H2,(H3,17,19,20). The van der Waals surface area contributed by atoms with Gasteiger partial charge in [-0.1, -0.05) is 42.8 Å². The smallest absolute Gasteiger partial charge is 0.209 e.